The van der Waals surface area contributed by atoms with Crippen LogP contribution in [0, 0.1) is 0 Å². The first-order valence-corrected chi connectivity index (χ1v) is 8.60. The number of rotatable bonds is 6. The Bertz CT molecular complexity index is 726. The number of halogens is 3. The van der Waals surface area contributed by atoms with E-state index in [0.29, 0.717) is 29.6 Å². The maximum atomic E-state index is 12.5. The molecule has 1 aromatic heterocycles. The van der Waals surface area contributed by atoms with E-state index >= 15 is 0 Å². The number of alkyl halides is 2. The molecule has 1 aromatic carbocycles. The number of thiazole rings is 1. The Morgan fingerprint density at radius 2 is 2.27 bits per heavy atom. The van der Waals surface area contributed by atoms with Crippen molar-refractivity contribution < 1.29 is 23.0 Å². The first-order valence-electron chi connectivity index (χ1n) is 7.72. The molecule has 1 unspecified atom stereocenters. The molecule has 0 radical (unpaired) electrons. The maximum absolute atomic E-state index is 12.5. The number of hydrogen-bond acceptors (Lipinski definition) is 6. The minimum absolute atomic E-state index is 0. The van der Waals surface area contributed by atoms with Gasteiger partial charge in [0.05, 0.1) is 18.9 Å². The molecule has 1 amide bonds. The summed E-state index contributed by atoms with van der Waals surface area (Å²) >= 11 is 1.22. The lowest BCUT2D eigenvalue weighted by Crippen LogP contribution is -2.43. The first kappa shape index (κ1) is 20.5. The van der Waals surface area contributed by atoms with Gasteiger partial charge in [0.25, 0.3) is 0 Å². The number of nitrogens with zero attached hydrogens (tertiary/aromatic N) is 1. The number of para-hydroxylation sites is 1. The molecule has 2 heterocycles. The molecule has 3 rings (SSSR count). The fourth-order valence-electron chi connectivity index (χ4n) is 2.48. The minimum Gasteiger partial charge on any atom is -0.434 e. The predicted molar refractivity (Wildman–Crippen MR) is 97.3 cm³/mol. The van der Waals surface area contributed by atoms with Crippen molar-refractivity contribution in [2.75, 3.05) is 25.1 Å². The topological polar surface area (TPSA) is 72.5 Å². The molecule has 0 aliphatic carbocycles. The van der Waals surface area contributed by atoms with E-state index in [1.54, 1.807) is 23.6 Å². The second-order valence-electron chi connectivity index (χ2n) is 5.39. The van der Waals surface area contributed by atoms with Gasteiger partial charge in [-0.05, 0) is 12.1 Å². The number of ether oxygens (including phenoxy) is 2. The van der Waals surface area contributed by atoms with Crippen molar-refractivity contribution in [1.29, 1.82) is 0 Å². The number of carbonyl (C=O) groups excluding carboxylic acids is 1. The number of anilines is 1. The van der Waals surface area contributed by atoms with E-state index in [1.165, 1.54) is 17.4 Å². The van der Waals surface area contributed by atoms with Gasteiger partial charge in [0.1, 0.15) is 5.75 Å². The van der Waals surface area contributed by atoms with Crippen LogP contribution in [0.15, 0.2) is 29.6 Å². The molecule has 1 atom stereocenters. The highest BCUT2D eigenvalue weighted by atomic mass is 35.5. The van der Waals surface area contributed by atoms with Gasteiger partial charge in [-0.15, -0.1) is 23.7 Å². The van der Waals surface area contributed by atoms with E-state index in [2.05, 4.69) is 20.4 Å². The van der Waals surface area contributed by atoms with E-state index in [0.717, 1.165) is 6.54 Å². The van der Waals surface area contributed by atoms with Gasteiger partial charge in [-0.2, -0.15) is 8.78 Å². The Labute approximate surface area is 159 Å². The first-order chi connectivity index (χ1) is 12.1. The Morgan fingerprint density at radius 3 is 3.00 bits per heavy atom. The molecule has 1 fully saturated rings. The lowest BCUT2D eigenvalue weighted by molar-refractivity contribution is -0.117. The maximum Gasteiger partial charge on any atom is 0.387 e. The number of amides is 1. The SMILES string of the molecule is Cl.O=C(CC1COCCN1)Nc1nc(-c2ccccc2OC(F)F)cs1. The van der Waals surface area contributed by atoms with Crippen molar-refractivity contribution in [3.8, 4) is 17.0 Å². The summed E-state index contributed by atoms with van der Waals surface area (Å²) in [6.07, 6.45) is 0.278. The molecule has 2 N–H and O–H groups in total. The summed E-state index contributed by atoms with van der Waals surface area (Å²) in [7, 11) is 0. The molecule has 142 valence electrons. The molecular weight excluding hydrogens is 388 g/mol. The molecule has 0 bridgehead atoms. The number of benzene rings is 1. The lowest BCUT2D eigenvalue weighted by atomic mass is 10.1. The summed E-state index contributed by atoms with van der Waals surface area (Å²) in [5.74, 6) is -0.134. The summed E-state index contributed by atoms with van der Waals surface area (Å²) in [4.78, 5) is 16.4. The summed E-state index contributed by atoms with van der Waals surface area (Å²) in [6.45, 7) is -1.05. The minimum atomic E-state index is -2.91. The van der Waals surface area contributed by atoms with Crippen LogP contribution in [0.4, 0.5) is 13.9 Å². The van der Waals surface area contributed by atoms with E-state index in [1.807, 2.05) is 0 Å². The third-order valence-electron chi connectivity index (χ3n) is 3.56. The summed E-state index contributed by atoms with van der Waals surface area (Å²) in [6, 6.07) is 6.39. The van der Waals surface area contributed by atoms with Crippen molar-refractivity contribution in [3.63, 3.8) is 0 Å². The number of nitrogens with one attached hydrogen (secondary N) is 2. The van der Waals surface area contributed by atoms with Crippen LogP contribution < -0.4 is 15.4 Å². The Morgan fingerprint density at radius 1 is 1.46 bits per heavy atom. The molecule has 26 heavy (non-hydrogen) atoms. The highest BCUT2D eigenvalue weighted by Gasteiger charge is 2.18. The van der Waals surface area contributed by atoms with Crippen LogP contribution in [-0.2, 0) is 9.53 Å². The average molecular weight is 406 g/mol. The normalized spacial score (nSPS) is 16.8. The predicted octanol–water partition coefficient (Wildman–Crippen LogP) is 3.15. The highest BCUT2D eigenvalue weighted by Crippen LogP contribution is 2.33. The van der Waals surface area contributed by atoms with Gasteiger partial charge >= 0.3 is 6.61 Å². The number of aromatic nitrogens is 1. The van der Waals surface area contributed by atoms with E-state index in [4.69, 9.17) is 4.74 Å². The van der Waals surface area contributed by atoms with Gasteiger partial charge in [0.15, 0.2) is 5.13 Å². The third kappa shape index (κ3) is 5.60. The average Bonchev–Trinajstić information content (AvgIpc) is 3.04. The standard InChI is InChI=1S/C16H17F2N3O3S.ClH/c17-15(18)24-13-4-2-1-3-11(13)12-9-25-16(20-12)21-14(22)7-10-8-23-6-5-19-10;/h1-4,9-10,15,19H,5-8H2,(H,20,21,22);1H. The quantitative estimate of drug-likeness (QED) is 0.772. The number of carbonyl (C=O) groups is 1. The number of hydrogen-bond donors (Lipinski definition) is 2. The van der Waals surface area contributed by atoms with Gasteiger partial charge in [0.2, 0.25) is 5.91 Å². The van der Waals surface area contributed by atoms with Crippen LogP contribution in [0.25, 0.3) is 11.3 Å². The van der Waals surface area contributed by atoms with Crippen molar-refractivity contribution >= 4 is 34.8 Å². The zero-order chi connectivity index (χ0) is 17.6. The Balaban J connectivity index is 0.00000243. The Kier molecular flexibility index (Phi) is 7.70. The molecule has 0 spiro atoms. The van der Waals surface area contributed by atoms with E-state index in [-0.39, 0.29) is 36.5 Å². The third-order valence-corrected chi connectivity index (χ3v) is 4.32. The second kappa shape index (κ2) is 9.77. The van der Waals surface area contributed by atoms with Gasteiger partial charge in [-0.1, -0.05) is 12.1 Å². The lowest BCUT2D eigenvalue weighted by Gasteiger charge is -2.22. The second-order valence-corrected chi connectivity index (χ2v) is 6.25. The fourth-order valence-corrected chi connectivity index (χ4v) is 3.20. The molecule has 10 heteroatoms. The van der Waals surface area contributed by atoms with Gasteiger partial charge in [-0.25, -0.2) is 4.98 Å². The van der Waals surface area contributed by atoms with E-state index in [9.17, 15) is 13.6 Å². The van der Waals surface area contributed by atoms with Crippen molar-refractivity contribution in [1.82, 2.24) is 10.3 Å². The molecule has 2 aromatic rings. The zero-order valence-electron chi connectivity index (χ0n) is 13.6. The molecule has 1 aliphatic rings. The molecule has 6 nitrogen and oxygen atoms in total. The smallest absolute Gasteiger partial charge is 0.387 e. The summed E-state index contributed by atoms with van der Waals surface area (Å²) < 4.78 is 34.8. The summed E-state index contributed by atoms with van der Waals surface area (Å²) in [5, 5.41) is 8.02. The molecule has 0 saturated carbocycles. The molecule has 1 aliphatic heterocycles. The van der Waals surface area contributed by atoms with Crippen LogP contribution in [0.5, 0.6) is 5.75 Å². The molecule has 1 saturated heterocycles. The zero-order valence-corrected chi connectivity index (χ0v) is 15.2. The van der Waals surface area contributed by atoms with E-state index < -0.39 is 6.61 Å². The van der Waals surface area contributed by atoms with Gasteiger partial charge in [-0.3, -0.25) is 4.79 Å². The summed E-state index contributed by atoms with van der Waals surface area (Å²) in [5.41, 5.74) is 0.914. The van der Waals surface area contributed by atoms with Crippen molar-refractivity contribution in [3.05, 3.63) is 29.6 Å². The van der Waals surface area contributed by atoms with Crippen LogP contribution in [-0.4, -0.2) is 43.3 Å². The van der Waals surface area contributed by atoms with Gasteiger partial charge in [0, 0.05) is 30.0 Å². The van der Waals surface area contributed by atoms with Crippen LogP contribution in [0.1, 0.15) is 6.42 Å². The monoisotopic (exact) mass is 405 g/mol. The van der Waals surface area contributed by atoms with Crippen LogP contribution in [0.2, 0.25) is 0 Å². The highest BCUT2D eigenvalue weighted by molar-refractivity contribution is 7.14. The van der Waals surface area contributed by atoms with Crippen LogP contribution >= 0.6 is 23.7 Å². The van der Waals surface area contributed by atoms with Gasteiger partial charge < -0.3 is 20.1 Å². The van der Waals surface area contributed by atoms with Crippen molar-refractivity contribution in [2.24, 2.45) is 0 Å². The fraction of sp³-hybridized carbons (Fsp3) is 0.375. The Hall–Kier alpha value is -1.81. The largest absolute Gasteiger partial charge is 0.434 e. The van der Waals surface area contributed by atoms with Crippen molar-refractivity contribution in [2.45, 2.75) is 19.1 Å². The number of morpholine rings is 1. The van der Waals surface area contributed by atoms with Crippen LogP contribution in [0.3, 0.4) is 0 Å². The molecular formula is C16H18ClF2N3O3S.